The highest BCUT2D eigenvalue weighted by molar-refractivity contribution is 6.09. The number of hydrogen-bond donors (Lipinski definition) is 0. The van der Waals surface area contributed by atoms with Gasteiger partial charge in [-0.05, 0) is 25.2 Å². The molecule has 0 aromatic heterocycles. The fourth-order valence-corrected chi connectivity index (χ4v) is 4.55. The molecule has 2 aliphatic carbocycles. The number of nitrogens with zero attached hydrogens (tertiary/aromatic N) is 2. The molecule has 1 saturated heterocycles. The number of rotatable bonds is 6. The highest BCUT2D eigenvalue weighted by Crippen LogP contribution is 2.52. The second-order valence-electron chi connectivity index (χ2n) is 7.56. The Balaban J connectivity index is 1.40. The predicted molar refractivity (Wildman–Crippen MR) is 97.4 cm³/mol. The molecular formula is C20H18N2O7. The molecule has 29 heavy (non-hydrogen) atoms. The maximum atomic E-state index is 12.7. The Morgan fingerprint density at radius 2 is 1.83 bits per heavy atom. The van der Waals surface area contributed by atoms with Crippen molar-refractivity contribution in [2.75, 3.05) is 6.61 Å². The van der Waals surface area contributed by atoms with Gasteiger partial charge in [0.2, 0.25) is 17.6 Å². The SMILES string of the molecule is C[C@@H](C(=O)OCC(=O)c1cccc([N+](=O)[O-])c1)N1C(=O)[C@@H]2[C@H](C1=O)[C@H]1C=C[C@H]2C1. The van der Waals surface area contributed by atoms with E-state index in [4.69, 9.17) is 4.74 Å². The minimum Gasteiger partial charge on any atom is -0.456 e. The molecule has 1 heterocycles. The van der Waals surface area contributed by atoms with E-state index in [-0.39, 0.29) is 34.9 Å². The molecule has 2 fully saturated rings. The zero-order valence-corrected chi connectivity index (χ0v) is 15.5. The number of ketones is 1. The highest BCUT2D eigenvalue weighted by atomic mass is 16.6. The van der Waals surface area contributed by atoms with Crippen LogP contribution >= 0.6 is 0 Å². The van der Waals surface area contributed by atoms with Crippen LogP contribution in [0.5, 0.6) is 0 Å². The molecule has 2 amide bonds. The molecular weight excluding hydrogens is 380 g/mol. The van der Waals surface area contributed by atoms with Crippen molar-refractivity contribution in [3.05, 3.63) is 52.1 Å². The fraction of sp³-hybridized carbons (Fsp3) is 0.400. The summed E-state index contributed by atoms with van der Waals surface area (Å²) in [5.41, 5.74) is -0.219. The number of imide groups is 1. The van der Waals surface area contributed by atoms with Crippen molar-refractivity contribution in [2.24, 2.45) is 23.7 Å². The lowest BCUT2D eigenvalue weighted by Crippen LogP contribution is -2.45. The predicted octanol–water partition coefficient (Wildman–Crippen LogP) is 1.52. The van der Waals surface area contributed by atoms with Gasteiger partial charge in [0.1, 0.15) is 6.04 Å². The minimum absolute atomic E-state index is 0.0325. The molecule has 5 atom stereocenters. The molecule has 150 valence electrons. The van der Waals surface area contributed by atoms with Gasteiger partial charge in [-0.2, -0.15) is 0 Å². The van der Waals surface area contributed by atoms with Crippen molar-refractivity contribution in [1.82, 2.24) is 4.90 Å². The summed E-state index contributed by atoms with van der Waals surface area (Å²) in [6.07, 6.45) is 4.71. The van der Waals surface area contributed by atoms with Gasteiger partial charge in [0.15, 0.2) is 6.61 Å². The van der Waals surface area contributed by atoms with E-state index in [0.717, 1.165) is 17.4 Å². The van der Waals surface area contributed by atoms with Crippen LogP contribution < -0.4 is 0 Å². The number of fused-ring (bicyclic) bond motifs is 5. The van der Waals surface area contributed by atoms with Gasteiger partial charge < -0.3 is 4.74 Å². The van der Waals surface area contributed by atoms with E-state index in [1.54, 1.807) is 0 Å². The highest BCUT2D eigenvalue weighted by Gasteiger charge is 2.60. The average molecular weight is 398 g/mol. The maximum absolute atomic E-state index is 12.7. The summed E-state index contributed by atoms with van der Waals surface area (Å²) in [5, 5.41) is 10.8. The van der Waals surface area contributed by atoms with E-state index in [0.29, 0.717) is 0 Å². The molecule has 4 rings (SSSR count). The Bertz CT molecular complexity index is 939. The first kappa shape index (κ1) is 19.0. The number of Topliss-reactive ketones (excluding diaryl/α,β-unsaturated/α-hetero) is 1. The lowest BCUT2D eigenvalue weighted by molar-refractivity contribution is -0.384. The van der Waals surface area contributed by atoms with Crippen LogP contribution in [-0.2, 0) is 19.1 Å². The Morgan fingerprint density at radius 3 is 2.41 bits per heavy atom. The fourth-order valence-electron chi connectivity index (χ4n) is 4.55. The summed E-state index contributed by atoms with van der Waals surface area (Å²) in [7, 11) is 0. The first-order valence-corrected chi connectivity index (χ1v) is 9.29. The van der Waals surface area contributed by atoms with Crippen LogP contribution in [0, 0.1) is 33.8 Å². The summed E-state index contributed by atoms with van der Waals surface area (Å²) < 4.78 is 5.00. The van der Waals surface area contributed by atoms with Crippen molar-refractivity contribution >= 4 is 29.3 Å². The number of carbonyl (C=O) groups is 4. The van der Waals surface area contributed by atoms with Gasteiger partial charge in [-0.25, -0.2) is 4.79 Å². The monoisotopic (exact) mass is 398 g/mol. The summed E-state index contributed by atoms with van der Waals surface area (Å²) in [6.45, 7) is 0.757. The number of nitro benzene ring substituents is 1. The molecule has 3 aliphatic rings. The molecule has 1 aromatic rings. The molecule has 0 N–H and O–H groups in total. The third kappa shape index (κ3) is 3.02. The van der Waals surface area contributed by atoms with Gasteiger partial charge in [0, 0.05) is 17.7 Å². The number of benzene rings is 1. The van der Waals surface area contributed by atoms with Crippen molar-refractivity contribution in [3.8, 4) is 0 Å². The van der Waals surface area contributed by atoms with Gasteiger partial charge in [-0.3, -0.25) is 29.4 Å². The summed E-state index contributed by atoms with van der Waals surface area (Å²) in [6, 6.07) is 3.94. The zero-order chi connectivity index (χ0) is 20.9. The van der Waals surface area contributed by atoms with Gasteiger partial charge in [0.25, 0.3) is 5.69 Å². The zero-order valence-electron chi connectivity index (χ0n) is 15.5. The number of ether oxygens (including phenoxy) is 1. The molecule has 9 nitrogen and oxygen atoms in total. The summed E-state index contributed by atoms with van der Waals surface area (Å²) >= 11 is 0. The van der Waals surface area contributed by atoms with E-state index in [2.05, 4.69) is 0 Å². The van der Waals surface area contributed by atoms with Gasteiger partial charge in [-0.15, -0.1) is 0 Å². The van der Waals surface area contributed by atoms with Crippen molar-refractivity contribution in [2.45, 2.75) is 19.4 Å². The largest absolute Gasteiger partial charge is 0.456 e. The smallest absolute Gasteiger partial charge is 0.329 e. The number of likely N-dealkylation sites (tertiary alicyclic amines) is 1. The van der Waals surface area contributed by atoms with Gasteiger partial charge in [-0.1, -0.05) is 24.3 Å². The Hall–Kier alpha value is -3.36. The first-order valence-electron chi connectivity index (χ1n) is 9.29. The molecule has 9 heteroatoms. The third-order valence-corrected chi connectivity index (χ3v) is 5.96. The molecule has 2 bridgehead atoms. The van der Waals surface area contributed by atoms with Crippen molar-refractivity contribution < 1.29 is 28.8 Å². The van der Waals surface area contributed by atoms with Gasteiger partial charge in [0.05, 0.1) is 16.8 Å². The standard InChI is InChI=1S/C20H18N2O7/c1-10(21-18(24)16-12-5-6-13(7-12)17(16)19(21)25)20(26)29-9-15(23)11-3-2-4-14(8-11)22(27)28/h2-6,8,10,12-13,16-17H,7,9H2,1H3/t10-,12-,13-,16-,17+/m0/s1. The van der Waals surface area contributed by atoms with Crippen LogP contribution in [0.1, 0.15) is 23.7 Å². The van der Waals surface area contributed by atoms with Crippen LogP contribution in [0.4, 0.5) is 5.69 Å². The first-order chi connectivity index (χ1) is 13.8. The van der Waals surface area contributed by atoms with Crippen LogP contribution in [0.15, 0.2) is 36.4 Å². The summed E-state index contributed by atoms with van der Waals surface area (Å²) in [4.78, 5) is 61.2. The van der Waals surface area contributed by atoms with Crippen LogP contribution in [0.2, 0.25) is 0 Å². The molecule has 0 spiro atoms. The Labute approximate surface area is 165 Å². The molecule has 0 radical (unpaired) electrons. The second-order valence-corrected chi connectivity index (χ2v) is 7.56. The van der Waals surface area contributed by atoms with Crippen molar-refractivity contribution in [1.29, 1.82) is 0 Å². The van der Waals surface area contributed by atoms with Gasteiger partial charge >= 0.3 is 5.97 Å². The quantitative estimate of drug-likeness (QED) is 0.178. The van der Waals surface area contributed by atoms with E-state index in [9.17, 15) is 29.3 Å². The molecule has 1 aromatic carbocycles. The number of carbonyl (C=O) groups excluding carboxylic acids is 4. The van der Waals surface area contributed by atoms with Crippen molar-refractivity contribution in [3.63, 3.8) is 0 Å². The van der Waals surface area contributed by atoms with E-state index < -0.39 is 41.2 Å². The number of hydrogen-bond acceptors (Lipinski definition) is 7. The number of allylic oxidation sites excluding steroid dienone is 2. The average Bonchev–Trinajstić information content (AvgIpc) is 3.39. The lowest BCUT2D eigenvalue weighted by atomic mass is 9.85. The molecule has 1 saturated carbocycles. The van der Waals surface area contributed by atoms with Crippen LogP contribution in [-0.4, -0.2) is 46.0 Å². The molecule has 0 unspecified atom stereocenters. The van der Waals surface area contributed by atoms with E-state index in [1.165, 1.54) is 25.1 Å². The third-order valence-electron chi connectivity index (χ3n) is 5.96. The maximum Gasteiger partial charge on any atom is 0.329 e. The summed E-state index contributed by atoms with van der Waals surface area (Å²) in [5.74, 6) is -3.00. The molecule has 1 aliphatic heterocycles. The minimum atomic E-state index is -1.14. The van der Waals surface area contributed by atoms with E-state index in [1.807, 2.05) is 12.2 Å². The number of non-ortho nitro benzene ring substituents is 1. The van der Waals surface area contributed by atoms with Crippen LogP contribution in [0.25, 0.3) is 0 Å². The normalized spacial score (nSPS) is 27.8. The Kier molecular flexibility index (Phi) is 4.52. The Morgan fingerprint density at radius 1 is 1.21 bits per heavy atom. The number of nitro groups is 1. The topological polar surface area (TPSA) is 124 Å². The van der Waals surface area contributed by atoms with Crippen LogP contribution in [0.3, 0.4) is 0 Å². The number of esters is 1. The number of amides is 2. The second kappa shape index (κ2) is 6.91. The van der Waals surface area contributed by atoms with E-state index >= 15 is 0 Å². The lowest BCUT2D eigenvalue weighted by Gasteiger charge is -2.23.